The molecule has 2 fully saturated rings. The van der Waals surface area contributed by atoms with Crippen molar-refractivity contribution in [1.29, 1.82) is 0 Å². The Balaban J connectivity index is 1.36. The van der Waals surface area contributed by atoms with Crippen molar-refractivity contribution in [3.8, 4) is 0 Å². The minimum atomic E-state index is -0.956. The lowest BCUT2D eigenvalue weighted by Crippen LogP contribution is -2.37. The molecule has 33 heavy (non-hydrogen) atoms. The topological polar surface area (TPSA) is 96.3 Å². The Morgan fingerprint density at radius 2 is 1.91 bits per heavy atom. The van der Waals surface area contributed by atoms with Crippen molar-refractivity contribution in [3.63, 3.8) is 0 Å². The normalized spacial score (nSPS) is 17.5. The first-order valence-corrected chi connectivity index (χ1v) is 11.3. The molecule has 1 saturated carbocycles. The van der Waals surface area contributed by atoms with E-state index in [0.717, 1.165) is 43.2 Å². The second-order valence-electron chi connectivity index (χ2n) is 8.56. The first kappa shape index (κ1) is 20.3. The number of fused-ring (bicyclic) bond motifs is 2. The SMILES string of the molecule is Fc1ccc2[nH]c(CNc3nc(N4CCOCC4)nc4c(C5CCCC5)cnn34)nc2c1F. The summed E-state index contributed by atoms with van der Waals surface area (Å²) in [7, 11) is 0. The van der Waals surface area contributed by atoms with Gasteiger partial charge in [0.05, 0.1) is 31.5 Å². The maximum Gasteiger partial charge on any atom is 0.230 e. The minimum Gasteiger partial charge on any atom is -0.378 e. The molecule has 0 spiro atoms. The average Bonchev–Trinajstić information content (AvgIpc) is 3.60. The summed E-state index contributed by atoms with van der Waals surface area (Å²) in [5.74, 6) is 0.205. The van der Waals surface area contributed by atoms with E-state index in [1.807, 2.05) is 6.20 Å². The summed E-state index contributed by atoms with van der Waals surface area (Å²) in [4.78, 5) is 19.0. The lowest BCUT2D eigenvalue weighted by molar-refractivity contribution is 0.122. The van der Waals surface area contributed by atoms with E-state index in [-0.39, 0.29) is 12.1 Å². The van der Waals surface area contributed by atoms with Crippen LogP contribution in [0.3, 0.4) is 0 Å². The van der Waals surface area contributed by atoms with Gasteiger partial charge in [-0.25, -0.2) is 13.8 Å². The van der Waals surface area contributed by atoms with E-state index in [0.29, 0.717) is 42.4 Å². The lowest BCUT2D eigenvalue weighted by Gasteiger charge is -2.27. The molecule has 172 valence electrons. The van der Waals surface area contributed by atoms with Crippen molar-refractivity contribution in [2.24, 2.45) is 0 Å². The van der Waals surface area contributed by atoms with Crippen LogP contribution in [0.2, 0.25) is 0 Å². The van der Waals surface area contributed by atoms with Crippen LogP contribution in [-0.4, -0.2) is 55.9 Å². The molecule has 9 nitrogen and oxygen atoms in total. The molecule has 3 aromatic heterocycles. The highest BCUT2D eigenvalue weighted by molar-refractivity contribution is 5.75. The minimum absolute atomic E-state index is 0.0174. The number of hydrogen-bond acceptors (Lipinski definition) is 7. The smallest absolute Gasteiger partial charge is 0.230 e. The number of anilines is 2. The van der Waals surface area contributed by atoms with Gasteiger partial charge in [-0.3, -0.25) is 0 Å². The number of nitrogens with one attached hydrogen (secondary N) is 2. The largest absolute Gasteiger partial charge is 0.378 e. The van der Waals surface area contributed by atoms with E-state index in [1.165, 1.54) is 18.9 Å². The number of aromatic nitrogens is 6. The second-order valence-corrected chi connectivity index (χ2v) is 8.56. The number of hydrogen-bond donors (Lipinski definition) is 2. The number of benzene rings is 1. The molecule has 1 aromatic carbocycles. The van der Waals surface area contributed by atoms with E-state index in [1.54, 1.807) is 4.52 Å². The summed E-state index contributed by atoms with van der Waals surface area (Å²) < 4.78 is 34.8. The molecule has 4 aromatic rings. The Morgan fingerprint density at radius 1 is 1.09 bits per heavy atom. The maximum absolute atomic E-state index is 14.1. The molecule has 6 rings (SSSR count). The number of halogens is 2. The van der Waals surface area contributed by atoms with Crippen molar-refractivity contribution >= 4 is 28.6 Å². The van der Waals surface area contributed by atoms with Gasteiger partial charge in [-0.1, -0.05) is 12.8 Å². The van der Waals surface area contributed by atoms with Crippen LogP contribution in [-0.2, 0) is 11.3 Å². The Hall–Kier alpha value is -3.34. The van der Waals surface area contributed by atoms with Gasteiger partial charge in [0.1, 0.15) is 11.3 Å². The molecule has 0 unspecified atom stereocenters. The third-order valence-corrected chi connectivity index (χ3v) is 6.48. The van der Waals surface area contributed by atoms with Gasteiger partial charge >= 0.3 is 0 Å². The molecule has 0 amide bonds. The van der Waals surface area contributed by atoms with E-state index >= 15 is 0 Å². The van der Waals surface area contributed by atoms with Crippen molar-refractivity contribution in [2.45, 2.75) is 38.1 Å². The third-order valence-electron chi connectivity index (χ3n) is 6.48. The fourth-order valence-electron chi connectivity index (χ4n) is 4.74. The van der Waals surface area contributed by atoms with Crippen molar-refractivity contribution in [1.82, 2.24) is 29.5 Å². The number of H-pyrrole nitrogens is 1. The predicted octanol–water partition coefficient (Wildman–Crippen LogP) is 3.39. The lowest BCUT2D eigenvalue weighted by atomic mass is 10.0. The quantitative estimate of drug-likeness (QED) is 0.477. The summed E-state index contributed by atoms with van der Waals surface area (Å²) in [5, 5.41) is 7.84. The number of morpholine rings is 1. The van der Waals surface area contributed by atoms with Gasteiger partial charge in [0.2, 0.25) is 11.9 Å². The fourth-order valence-corrected chi connectivity index (χ4v) is 4.74. The highest BCUT2D eigenvalue weighted by Crippen LogP contribution is 2.36. The van der Waals surface area contributed by atoms with Crippen molar-refractivity contribution < 1.29 is 13.5 Å². The predicted molar refractivity (Wildman–Crippen MR) is 118 cm³/mol. The second kappa shape index (κ2) is 8.22. The molecule has 2 N–H and O–H groups in total. The van der Waals surface area contributed by atoms with Crippen molar-refractivity contribution in [3.05, 3.63) is 41.4 Å². The summed E-state index contributed by atoms with van der Waals surface area (Å²) in [6.45, 7) is 2.94. The molecular formula is C22H24F2N8O. The highest BCUT2D eigenvalue weighted by Gasteiger charge is 2.25. The summed E-state index contributed by atoms with van der Waals surface area (Å²) in [5.41, 5.74) is 2.37. The van der Waals surface area contributed by atoms with Crippen LogP contribution in [0.25, 0.3) is 16.7 Å². The van der Waals surface area contributed by atoms with Gasteiger partial charge in [0, 0.05) is 18.7 Å². The number of aromatic amines is 1. The molecule has 2 aliphatic rings. The molecule has 1 saturated heterocycles. The molecular weight excluding hydrogens is 430 g/mol. The monoisotopic (exact) mass is 454 g/mol. The molecule has 1 aliphatic carbocycles. The number of ether oxygens (including phenoxy) is 1. The number of rotatable bonds is 5. The molecule has 1 aliphatic heterocycles. The standard InChI is InChI=1S/C22H24F2N8O/c23-15-5-6-16-19(18(15)24)28-17(27-16)12-25-21-30-22(31-7-9-33-10-8-31)29-20-14(11-26-32(20)21)13-3-1-2-4-13/h5-6,11,13H,1-4,7-10,12H2,(H,27,28)(H,25,29,30). The molecule has 0 bridgehead atoms. The molecule has 11 heteroatoms. The first-order chi connectivity index (χ1) is 16.2. The van der Waals surface area contributed by atoms with E-state index < -0.39 is 11.6 Å². The van der Waals surface area contributed by atoms with Crippen LogP contribution in [0, 0.1) is 11.6 Å². The van der Waals surface area contributed by atoms with Gasteiger partial charge in [-0.05, 0) is 30.9 Å². The van der Waals surface area contributed by atoms with E-state index in [2.05, 4.69) is 25.3 Å². The van der Waals surface area contributed by atoms with Crippen LogP contribution in [0.1, 0.15) is 43.0 Å². The van der Waals surface area contributed by atoms with E-state index in [4.69, 9.17) is 14.7 Å². The number of imidazole rings is 1. The van der Waals surface area contributed by atoms with Crippen LogP contribution in [0.4, 0.5) is 20.7 Å². The first-order valence-electron chi connectivity index (χ1n) is 11.3. The third kappa shape index (κ3) is 3.65. The van der Waals surface area contributed by atoms with Gasteiger partial charge in [0.15, 0.2) is 17.3 Å². The Morgan fingerprint density at radius 3 is 2.73 bits per heavy atom. The van der Waals surface area contributed by atoms with Crippen LogP contribution < -0.4 is 10.2 Å². The average molecular weight is 454 g/mol. The van der Waals surface area contributed by atoms with Gasteiger partial charge in [0.25, 0.3) is 0 Å². The van der Waals surface area contributed by atoms with Crippen molar-refractivity contribution in [2.75, 3.05) is 36.5 Å². The van der Waals surface area contributed by atoms with Gasteiger partial charge < -0.3 is 19.9 Å². The fraction of sp³-hybridized carbons (Fsp3) is 0.455. The summed E-state index contributed by atoms with van der Waals surface area (Å²) in [6, 6.07) is 2.56. The Labute approximate surface area is 188 Å². The van der Waals surface area contributed by atoms with Crippen LogP contribution in [0.5, 0.6) is 0 Å². The molecule has 0 atom stereocenters. The van der Waals surface area contributed by atoms with Gasteiger partial charge in [-0.2, -0.15) is 19.6 Å². The van der Waals surface area contributed by atoms with Gasteiger partial charge in [-0.15, -0.1) is 0 Å². The zero-order valence-corrected chi connectivity index (χ0v) is 18.0. The zero-order chi connectivity index (χ0) is 22.4. The molecule has 0 radical (unpaired) electrons. The maximum atomic E-state index is 14.1. The summed E-state index contributed by atoms with van der Waals surface area (Å²) >= 11 is 0. The summed E-state index contributed by atoms with van der Waals surface area (Å²) in [6.07, 6.45) is 6.62. The zero-order valence-electron chi connectivity index (χ0n) is 18.0. The Kier molecular flexibility index (Phi) is 5.05. The number of nitrogens with zero attached hydrogens (tertiary/aromatic N) is 6. The Bertz CT molecular complexity index is 1310. The highest BCUT2D eigenvalue weighted by atomic mass is 19.2. The van der Waals surface area contributed by atoms with E-state index in [9.17, 15) is 8.78 Å². The van der Waals surface area contributed by atoms with Crippen LogP contribution >= 0.6 is 0 Å². The molecule has 4 heterocycles. The van der Waals surface area contributed by atoms with Crippen LogP contribution in [0.15, 0.2) is 18.3 Å².